The van der Waals surface area contributed by atoms with Crippen LogP contribution in [0.3, 0.4) is 0 Å². The molecule has 1 saturated heterocycles. The quantitative estimate of drug-likeness (QED) is 0.926. The molecular weight excluding hydrogens is 291 g/mol. The fourth-order valence-electron chi connectivity index (χ4n) is 2.84. The first-order valence-corrected chi connectivity index (χ1v) is 6.92. The number of nitrogens with zero attached hydrogens (tertiary/aromatic N) is 1. The van der Waals surface area contributed by atoms with Crippen molar-refractivity contribution in [2.75, 3.05) is 26.2 Å². The normalized spacial score (nSPS) is 24.9. The minimum Gasteiger partial charge on any atom is -0.396 e. The molecule has 20 heavy (non-hydrogen) atoms. The van der Waals surface area contributed by atoms with E-state index in [1.807, 2.05) is 12.1 Å². The monoisotopic (exact) mass is 307 g/mol. The second-order valence-corrected chi connectivity index (χ2v) is 5.68. The molecule has 0 radical (unpaired) electrons. The minimum atomic E-state index is -4.19. The maximum absolute atomic E-state index is 12.4. The molecule has 0 spiro atoms. The van der Waals surface area contributed by atoms with Crippen LogP contribution in [-0.2, 0) is 0 Å². The molecular formula is C14H17ClF3NO. The lowest BCUT2D eigenvalue weighted by Crippen LogP contribution is -2.45. The van der Waals surface area contributed by atoms with Crippen LogP contribution in [-0.4, -0.2) is 42.4 Å². The van der Waals surface area contributed by atoms with Crippen LogP contribution in [0.4, 0.5) is 13.2 Å². The van der Waals surface area contributed by atoms with Gasteiger partial charge in [0.2, 0.25) is 0 Å². The van der Waals surface area contributed by atoms with Crippen molar-refractivity contribution in [2.24, 2.45) is 5.92 Å². The van der Waals surface area contributed by atoms with Crippen LogP contribution >= 0.6 is 11.6 Å². The lowest BCUT2D eigenvalue weighted by Gasteiger charge is -2.38. The van der Waals surface area contributed by atoms with Crippen LogP contribution in [0.25, 0.3) is 0 Å². The van der Waals surface area contributed by atoms with Gasteiger partial charge >= 0.3 is 6.18 Å². The Balaban J connectivity index is 2.05. The Labute approximate surface area is 121 Å². The predicted molar refractivity (Wildman–Crippen MR) is 71.9 cm³/mol. The first-order chi connectivity index (χ1) is 9.39. The summed E-state index contributed by atoms with van der Waals surface area (Å²) in [4.78, 5) is 1.37. The molecule has 1 unspecified atom stereocenters. The first-order valence-electron chi connectivity index (χ1n) is 6.54. The third-order valence-corrected chi connectivity index (χ3v) is 4.01. The highest BCUT2D eigenvalue weighted by Gasteiger charge is 2.36. The Kier molecular flexibility index (Phi) is 4.94. The van der Waals surface area contributed by atoms with Gasteiger partial charge in [-0.05, 0) is 36.6 Å². The molecule has 6 heteroatoms. The van der Waals surface area contributed by atoms with E-state index in [1.165, 1.54) is 4.90 Å². The number of benzene rings is 1. The molecule has 1 aliphatic rings. The number of aliphatic hydroxyl groups is 1. The molecule has 0 bridgehead atoms. The number of rotatable bonds is 3. The highest BCUT2D eigenvalue weighted by Crippen LogP contribution is 2.34. The van der Waals surface area contributed by atoms with Crippen molar-refractivity contribution in [1.29, 1.82) is 0 Å². The second kappa shape index (κ2) is 6.33. The zero-order valence-electron chi connectivity index (χ0n) is 10.9. The second-order valence-electron chi connectivity index (χ2n) is 5.24. The number of piperidine rings is 1. The highest BCUT2D eigenvalue weighted by atomic mass is 35.5. The summed E-state index contributed by atoms with van der Waals surface area (Å²) in [5.74, 6) is -0.0889. The lowest BCUT2D eigenvalue weighted by atomic mass is 9.81. The summed E-state index contributed by atoms with van der Waals surface area (Å²) in [6.07, 6.45) is -3.57. The van der Waals surface area contributed by atoms with Crippen LogP contribution in [0.1, 0.15) is 17.9 Å². The van der Waals surface area contributed by atoms with E-state index >= 15 is 0 Å². The van der Waals surface area contributed by atoms with E-state index in [0.29, 0.717) is 18.0 Å². The van der Waals surface area contributed by atoms with E-state index in [-0.39, 0.29) is 25.0 Å². The van der Waals surface area contributed by atoms with E-state index in [4.69, 9.17) is 11.6 Å². The number of halogens is 4. The van der Waals surface area contributed by atoms with Crippen molar-refractivity contribution < 1.29 is 18.3 Å². The van der Waals surface area contributed by atoms with Gasteiger partial charge in [-0.25, -0.2) is 0 Å². The van der Waals surface area contributed by atoms with Gasteiger partial charge in [0, 0.05) is 24.1 Å². The van der Waals surface area contributed by atoms with Gasteiger partial charge < -0.3 is 5.11 Å². The van der Waals surface area contributed by atoms with Crippen molar-refractivity contribution in [2.45, 2.75) is 18.5 Å². The lowest BCUT2D eigenvalue weighted by molar-refractivity contribution is -0.150. The molecule has 1 aromatic carbocycles. The number of hydrogen-bond acceptors (Lipinski definition) is 2. The molecule has 0 amide bonds. The van der Waals surface area contributed by atoms with Gasteiger partial charge in [-0.2, -0.15) is 13.2 Å². The Bertz CT molecular complexity index is 435. The van der Waals surface area contributed by atoms with Crippen LogP contribution in [0.5, 0.6) is 0 Å². The molecule has 0 aliphatic carbocycles. The standard InChI is InChI=1S/C14H17ClF3NO/c15-12-3-1-10(2-4-12)13-5-6-19(7-11(13)8-20)9-14(16,17)18/h1-4,11,13,20H,5-9H2/t11-,13?/m0/s1. The Morgan fingerprint density at radius 2 is 1.90 bits per heavy atom. The largest absolute Gasteiger partial charge is 0.401 e. The summed E-state index contributed by atoms with van der Waals surface area (Å²) < 4.78 is 37.3. The van der Waals surface area contributed by atoms with Gasteiger partial charge in [-0.1, -0.05) is 23.7 Å². The maximum Gasteiger partial charge on any atom is 0.401 e. The zero-order chi connectivity index (χ0) is 14.8. The third kappa shape index (κ3) is 4.11. The maximum atomic E-state index is 12.4. The molecule has 0 saturated carbocycles. The fraction of sp³-hybridized carbons (Fsp3) is 0.571. The van der Waals surface area contributed by atoms with Crippen LogP contribution in [0.2, 0.25) is 5.02 Å². The van der Waals surface area contributed by atoms with Gasteiger partial charge in [0.15, 0.2) is 0 Å². The fourth-order valence-corrected chi connectivity index (χ4v) is 2.96. The summed E-state index contributed by atoms with van der Waals surface area (Å²) >= 11 is 5.83. The van der Waals surface area contributed by atoms with Crippen LogP contribution in [0.15, 0.2) is 24.3 Å². The van der Waals surface area contributed by atoms with Gasteiger partial charge in [-0.15, -0.1) is 0 Å². The molecule has 0 aromatic heterocycles. The Hall–Kier alpha value is -0.780. The van der Waals surface area contributed by atoms with Gasteiger partial charge in [-0.3, -0.25) is 4.90 Å². The molecule has 112 valence electrons. The van der Waals surface area contributed by atoms with Crippen molar-refractivity contribution >= 4 is 11.6 Å². The van der Waals surface area contributed by atoms with Crippen molar-refractivity contribution in [3.63, 3.8) is 0 Å². The van der Waals surface area contributed by atoms with Crippen LogP contribution in [0, 0.1) is 5.92 Å². The Morgan fingerprint density at radius 1 is 1.25 bits per heavy atom. The zero-order valence-corrected chi connectivity index (χ0v) is 11.7. The van der Waals surface area contributed by atoms with E-state index in [9.17, 15) is 18.3 Å². The predicted octanol–water partition coefficient (Wildman–Crippen LogP) is 3.30. The Morgan fingerprint density at radius 3 is 2.45 bits per heavy atom. The van der Waals surface area contributed by atoms with E-state index in [2.05, 4.69) is 0 Å². The van der Waals surface area contributed by atoms with E-state index < -0.39 is 12.7 Å². The number of likely N-dealkylation sites (tertiary alicyclic amines) is 1. The van der Waals surface area contributed by atoms with Gasteiger partial charge in [0.25, 0.3) is 0 Å². The minimum absolute atomic E-state index is 0.0850. The number of hydrogen-bond donors (Lipinski definition) is 1. The molecule has 2 atom stereocenters. The van der Waals surface area contributed by atoms with E-state index in [1.54, 1.807) is 12.1 Å². The topological polar surface area (TPSA) is 23.5 Å². The molecule has 1 aromatic rings. The van der Waals surface area contributed by atoms with Crippen LogP contribution < -0.4 is 0 Å². The van der Waals surface area contributed by atoms with Crippen molar-refractivity contribution in [3.8, 4) is 0 Å². The summed E-state index contributed by atoms with van der Waals surface area (Å²) in [6, 6.07) is 7.31. The van der Waals surface area contributed by atoms with E-state index in [0.717, 1.165) is 5.56 Å². The summed E-state index contributed by atoms with van der Waals surface area (Å²) in [5, 5.41) is 10.1. The van der Waals surface area contributed by atoms with Crippen molar-refractivity contribution in [1.82, 2.24) is 4.90 Å². The average molecular weight is 308 g/mol. The van der Waals surface area contributed by atoms with Gasteiger partial charge in [0.1, 0.15) is 0 Å². The molecule has 2 nitrogen and oxygen atoms in total. The molecule has 2 rings (SSSR count). The average Bonchev–Trinajstić information content (AvgIpc) is 2.38. The first kappa shape index (κ1) is 15.6. The number of aliphatic hydroxyl groups excluding tert-OH is 1. The number of alkyl halides is 3. The molecule has 1 heterocycles. The molecule has 1 fully saturated rings. The third-order valence-electron chi connectivity index (χ3n) is 3.75. The summed E-state index contributed by atoms with van der Waals surface area (Å²) in [6.45, 7) is -0.356. The molecule has 1 aliphatic heterocycles. The highest BCUT2D eigenvalue weighted by molar-refractivity contribution is 6.30. The SMILES string of the molecule is OC[C@@H]1CN(CC(F)(F)F)CCC1c1ccc(Cl)cc1. The smallest absolute Gasteiger partial charge is 0.396 e. The summed E-state index contributed by atoms with van der Waals surface area (Å²) in [5.41, 5.74) is 1.03. The molecule has 1 N–H and O–H groups in total. The van der Waals surface area contributed by atoms with Crippen molar-refractivity contribution in [3.05, 3.63) is 34.9 Å². The summed E-state index contributed by atoms with van der Waals surface area (Å²) in [7, 11) is 0. The van der Waals surface area contributed by atoms with Gasteiger partial charge in [0.05, 0.1) is 6.54 Å².